The summed E-state index contributed by atoms with van der Waals surface area (Å²) < 4.78 is 61.1. The largest absolute Gasteiger partial charge is 0.479 e. The van der Waals surface area contributed by atoms with Gasteiger partial charge in [0.2, 0.25) is 0 Å². The van der Waals surface area contributed by atoms with Crippen LogP contribution in [0.2, 0.25) is 0 Å². The number of ether oxygens (including phenoxy) is 10. The van der Waals surface area contributed by atoms with Gasteiger partial charge in [0, 0.05) is 23.3 Å². The fourth-order valence-corrected chi connectivity index (χ4v) is 17.4. The quantitative estimate of drug-likeness (QED) is 0.0394. The summed E-state index contributed by atoms with van der Waals surface area (Å²) in [6, 6.07) is 0. The molecule has 0 aromatic carbocycles. The first-order valence-electron chi connectivity index (χ1n) is 30.4. The van der Waals surface area contributed by atoms with Crippen LogP contribution in [0, 0.1) is 50.2 Å². The third kappa shape index (κ3) is 11.1. The molecule has 4 saturated heterocycles. The van der Waals surface area contributed by atoms with Gasteiger partial charge in [-0.1, -0.05) is 66.2 Å². The van der Waals surface area contributed by atoms with Crippen LogP contribution in [0.5, 0.6) is 0 Å². The maximum atomic E-state index is 13.5. The zero-order valence-corrected chi connectivity index (χ0v) is 51.2. The Morgan fingerprint density at radius 1 is 0.655 bits per heavy atom. The molecule has 27 nitrogen and oxygen atoms in total. The molecule has 496 valence electrons. The number of esters is 2. The molecule has 14 N–H and O–H groups in total. The molecule has 31 atom stereocenters. The summed E-state index contributed by atoms with van der Waals surface area (Å²) in [6.07, 6.45) is -35.7. The number of aliphatic hydroxyl groups is 13. The van der Waals surface area contributed by atoms with Crippen LogP contribution in [-0.4, -0.2) is 256 Å². The fourth-order valence-electron chi connectivity index (χ4n) is 17.4. The lowest BCUT2D eigenvalue weighted by atomic mass is 9.32. The van der Waals surface area contributed by atoms with E-state index in [1.807, 2.05) is 34.6 Å². The zero-order valence-electron chi connectivity index (χ0n) is 51.2. The molecular weight excluding hydrogens is 1150 g/mol. The summed E-state index contributed by atoms with van der Waals surface area (Å²) in [5.41, 5.74) is -4.82. The van der Waals surface area contributed by atoms with Crippen LogP contribution in [0.4, 0.5) is 0 Å². The van der Waals surface area contributed by atoms with Crippen LogP contribution in [0.25, 0.3) is 0 Å². The second-order valence-electron chi connectivity index (χ2n) is 28.1. The number of fused-ring (bicyclic) bond motifs is 7. The molecule has 5 aliphatic carbocycles. The summed E-state index contributed by atoms with van der Waals surface area (Å²) in [6.45, 7) is 17.6. The minimum Gasteiger partial charge on any atom is -0.479 e. The van der Waals surface area contributed by atoms with E-state index in [0.717, 1.165) is 5.57 Å². The molecule has 0 aromatic heterocycles. The molecule has 27 heteroatoms. The second-order valence-corrected chi connectivity index (χ2v) is 28.1. The van der Waals surface area contributed by atoms with Gasteiger partial charge < -0.3 is 119 Å². The van der Waals surface area contributed by atoms with Crippen molar-refractivity contribution in [3.63, 3.8) is 0 Å². The Balaban J connectivity index is 1.05. The second kappa shape index (κ2) is 24.8. The van der Waals surface area contributed by atoms with Crippen LogP contribution < -0.4 is 0 Å². The normalized spacial score (nSPS) is 51.3. The van der Waals surface area contributed by atoms with Crippen molar-refractivity contribution in [1.29, 1.82) is 0 Å². The smallest absolute Gasteiger partial charge is 0.335 e. The molecule has 4 saturated carbocycles. The van der Waals surface area contributed by atoms with Gasteiger partial charge in [-0.3, -0.25) is 4.79 Å². The first-order chi connectivity index (χ1) is 40.5. The maximum absolute atomic E-state index is 13.5. The van der Waals surface area contributed by atoms with Gasteiger partial charge in [-0.15, -0.1) is 0 Å². The average Bonchev–Trinajstić information content (AvgIpc) is 0.670. The number of carboxylic acids is 1. The van der Waals surface area contributed by atoms with E-state index in [1.165, 1.54) is 13.8 Å². The predicted octanol–water partition coefficient (Wildman–Crippen LogP) is -1.83. The van der Waals surface area contributed by atoms with Crippen LogP contribution in [0.1, 0.15) is 115 Å². The van der Waals surface area contributed by atoms with E-state index in [9.17, 15) is 85.9 Å². The highest BCUT2D eigenvalue weighted by Crippen LogP contribution is 2.76. The Hall–Kier alpha value is -2.95. The van der Waals surface area contributed by atoms with Crippen LogP contribution in [0.15, 0.2) is 23.3 Å². The third-order valence-corrected chi connectivity index (χ3v) is 22.7. The van der Waals surface area contributed by atoms with E-state index in [-0.39, 0.29) is 24.7 Å². The van der Waals surface area contributed by atoms with Gasteiger partial charge in [0.15, 0.2) is 37.4 Å². The zero-order chi connectivity index (χ0) is 64.3. The topological polar surface area (TPSA) is 427 Å². The van der Waals surface area contributed by atoms with Crippen molar-refractivity contribution >= 4 is 17.9 Å². The van der Waals surface area contributed by atoms with Gasteiger partial charge in [-0.25, -0.2) is 9.59 Å². The van der Waals surface area contributed by atoms with E-state index in [2.05, 4.69) is 19.9 Å². The van der Waals surface area contributed by atoms with Gasteiger partial charge in [-0.05, 0) is 93.3 Å². The number of carbonyl (C=O) groups is 3. The Morgan fingerprint density at radius 2 is 1.28 bits per heavy atom. The monoisotopic (exact) mass is 1250 g/mol. The fraction of sp³-hybridized carbons (Fsp3) is 0.883. The summed E-state index contributed by atoms with van der Waals surface area (Å²) in [5.74, 6) is -4.17. The van der Waals surface area contributed by atoms with E-state index in [0.29, 0.717) is 31.3 Å². The predicted molar refractivity (Wildman–Crippen MR) is 294 cm³/mol. The lowest BCUT2D eigenvalue weighted by Gasteiger charge is -2.73. The number of hydrogen-bond acceptors (Lipinski definition) is 26. The van der Waals surface area contributed by atoms with Crippen molar-refractivity contribution in [2.45, 2.75) is 262 Å². The summed E-state index contributed by atoms with van der Waals surface area (Å²) in [4.78, 5) is 39.7. The minimum absolute atomic E-state index is 0.187. The Bertz CT molecular complexity index is 2560. The van der Waals surface area contributed by atoms with Crippen molar-refractivity contribution in [2.75, 3.05) is 19.8 Å². The summed E-state index contributed by atoms with van der Waals surface area (Å²) >= 11 is 0. The molecule has 4 heterocycles. The highest BCUT2D eigenvalue weighted by atomic mass is 16.8. The first kappa shape index (κ1) is 68.4. The molecule has 8 fully saturated rings. The lowest BCUT2D eigenvalue weighted by molar-refractivity contribution is -0.401. The van der Waals surface area contributed by atoms with E-state index in [4.69, 9.17) is 47.4 Å². The number of carboxylic acid groups (broad SMARTS) is 1. The van der Waals surface area contributed by atoms with Gasteiger partial charge in [0.05, 0.1) is 49.7 Å². The van der Waals surface area contributed by atoms with Gasteiger partial charge >= 0.3 is 17.9 Å². The molecule has 0 radical (unpaired) electrons. The molecule has 0 amide bonds. The molecule has 9 aliphatic rings. The number of hydrogen-bond donors (Lipinski definition) is 14. The summed E-state index contributed by atoms with van der Waals surface area (Å²) in [5, 5.41) is 158. The molecular formula is C60H94O27. The lowest BCUT2D eigenvalue weighted by Crippen LogP contribution is -2.76. The van der Waals surface area contributed by atoms with Crippen molar-refractivity contribution in [2.24, 2.45) is 50.2 Å². The third-order valence-electron chi connectivity index (χ3n) is 22.7. The van der Waals surface area contributed by atoms with E-state index >= 15 is 0 Å². The Kier molecular flexibility index (Phi) is 19.5. The van der Waals surface area contributed by atoms with Crippen molar-refractivity contribution in [3.8, 4) is 0 Å². The van der Waals surface area contributed by atoms with Gasteiger partial charge in [-0.2, -0.15) is 0 Å². The minimum atomic E-state index is -2.24. The number of aliphatic hydroxyl groups excluding tert-OH is 13. The Morgan fingerprint density at radius 3 is 1.89 bits per heavy atom. The van der Waals surface area contributed by atoms with Crippen LogP contribution in [-0.2, 0) is 61.8 Å². The molecule has 9 rings (SSSR count). The van der Waals surface area contributed by atoms with Crippen molar-refractivity contribution in [3.05, 3.63) is 23.3 Å². The molecule has 4 aliphatic heterocycles. The van der Waals surface area contributed by atoms with Gasteiger partial charge in [0.25, 0.3) is 0 Å². The van der Waals surface area contributed by atoms with Crippen LogP contribution in [0.3, 0.4) is 0 Å². The molecule has 0 bridgehead atoms. The Labute approximate surface area is 505 Å². The number of allylic oxidation sites excluding steroid dienone is 2. The molecule has 87 heavy (non-hydrogen) atoms. The highest BCUT2D eigenvalue weighted by Gasteiger charge is 2.76. The standard InChI is InChI=1S/C60H94O27/c1-12-23(2)50(77)87-47-48(80-25(4)63)60(22-62)27(19-55(47,5)6)26-13-14-31-57(9)17-16-32(56(7,8)30(57)15-18-58(31,10)59(26,11)45(73)46(60)74)82-54-44(86-52-39(71)37(69)35(67)29(20-61)81-52)41(40(72)42(84-54)49(75)76)83-53-43(34(66)28(64)21-78-53)85-51-38(70)36(68)33(65)24(3)79-51/h12-13,24,27-48,51-54,61-62,64-74H,14-22H2,1-11H3,(H,75,76)/b23-12-/t24-,27-,28-,29+,30-,31+,32-,33-,34-,35-,36+,37-,38+,39+,40-,41-,42-,43+,44+,45-,46+,47-,48-,51-,52-,53-,54+,57-,58+,59-,60-/m0/s1. The molecule has 0 spiro atoms. The molecule has 0 aromatic rings. The summed E-state index contributed by atoms with van der Waals surface area (Å²) in [7, 11) is 0. The maximum Gasteiger partial charge on any atom is 0.335 e. The van der Waals surface area contributed by atoms with Crippen LogP contribution >= 0.6 is 0 Å². The van der Waals surface area contributed by atoms with E-state index in [1.54, 1.807) is 19.9 Å². The SMILES string of the molecule is C/C=C(/C)C(=O)O[C@H]1[C@H](OC(C)=O)[C@]2(CO)[C@H](O)[C@H](O)[C@]3(C)C(=CC[C@@H]4[C@@]5(C)CC[C@H](O[C@@H]6O[C@H](C(=O)O)[C@@H](O)[C@H](O[C@@H]7OC[C@H](O)[C@H](O)[C@H]7O[C@@H]7O[C@@H](C)[C@H](O)[C@@H](O)[C@H]7O)[C@H]6O[C@@H]6O[C@H](CO)[C@H](O)[C@H](O)[C@H]6O)C(C)(C)[C@@H]5CC[C@]43C)[C@@H]2CC1(C)C. The van der Waals surface area contributed by atoms with Crippen molar-refractivity contribution < 1.29 is 133 Å². The highest BCUT2D eigenvalue weighted by molar-refractivity contribution is 5.87. The first-order valence-corrected chi connectivity index (χ1v) is 30.4. The average molecular weight is 1250 g/mol. The van der Waals surface area contributed by atoms with Gasteiger partial charge in [0.1, 0.15) is 85.5 Å². The number of carbonyl (C=O) groups excluding carboxylic acids is 2. The van der Waals surface area contributed by atoms with E-state index < -0.39 is 223 Å². The number of rotatable bonds is 14. The molecule has 0 unspecified atom stereocenters. The van der Waals surface area contributed by atoms with Crippen molar-refractivity contribution in [1.82, 2.24) is 0 Å². The number of aliphatic carboxylic acids is 1.